The average Bonchev–Trinajstić information content (AvgIpc) is 3.18. The van der Waals surface area contributed by atoms with Gasteiger partial charge in [-0.2, -0.15) is 0 Å². The van der Waals surface area contributed by atoms with Gasteiger partial charge in [0, 0.05) is 19.5 Å². The molecule has 0 radical (unpaired) electrons. The van der Waals surface area contributed by atoms with Crippen molar-refractivity contribution in [1.82, 2.24) is 5.32 Å². The highest BCUT2D eigenvalue weighted by molar-refractivity contribution is 7.27. The van der Waals surface area contributed by atoms with E-state index in [9.17, 15) is 9.59 Å². The van der Waals surface area contributed by atoms with E-state index in [2.05, 4.69) is 5.32 Å². The zero-order valence-corrected chi connectivity index (χ0v) is 14.3. The van der Waals surface area contributed by atoms with Crippen molar-refractivity contribution in [3.8, 4) is 19.5 Å². The molecule has 0 aromatic carbocycles. The second kappa shape index (κ2) is 4.87. The molecule has 22 heavy (non-hydrogen) atoms. The molecule has 0 saturated heterocycles. The fraction of sp³-hybridized carbons (Fsp3) is 0.125. The van der Waals surface area contributed by atoms with Crippen molar-refractivity contribution in [2.45, 2.75) is 13.8 Å². The quantitative estimate of drug-likeness (QED) is 0.684. The normalized spacial score (nSPS) is 13.5. The van der Waals surface area contributed by atoms with E-state index in [1.807, 2.05) is 38.1 Å². The number of carbonyl (C=O) groups excluding carboxylic acids is 2. The van der Waals surface area contributed by atoms with E-state index in [0.29, 0.717) is 11.1 Å². The highest BCUT2D eigenvalue weighted by Crippen LogP contribution is 2.47. The Bertz CT molecular complexity index is 856. The molecular formula is C16H11NO2S3. The number of fused-ring (bicyclic) bond motifs is 1. The fourth-order valence-corrected chi connectivity index (χ4v) is 5.82. The molecule has 110 valence electrons. The number of hydrogen-bond acceptors (Lipinski definition) is 5. The molecule has 0 atom stereocenters. The maximum absolute atomic E-state index is 12.2. The molecular weight excluding hydrogens is 334 g/mol. The van der Waals surface area contributed by atoms with E-state index in [1.54, 1.807) is 34.0 Å². The standard InChI is InChI=1S/C16H11NO2S3/c1-7-3-5-9(20-7)13-11-12(16(19)17-15(11)18)14(22-13)10-6-4-8(2)21-10/h3-6H,1-2H3,(H,17,18,19). The first kappa shape index (κ1) is 13.9. The first-order valence-electron chi connectivity index (χ1n) is 6.70. The molecule has 0 unspecified atom stereocenters. The number of imide groups is 1. The highest BCUT2D eigenvalue weighted by Gasteiger charge is 2.36. The van der Waals surface area contributed by atoms with E-state index in [4.69, 9.17) is 0 Å². The lowest BCUT2D eigenvalue weighted by Crippen LogP contribution is -2.20. The van der Waals surface area contributed by atoms with Gasteiger partial charge in [-0.3, -0.25) is 14.9 Å². The predicted octanol–water partition coefficient (Wildman–Crippen LogP) is 4.71. The summed E-state index contributed by atoms with van der Waals surface area (Å²) < 4.78 is 0. The molecule has 4 rings (SSSR count). The number of amides is 2. The van der Waals surface area contributed by atoms with Gasteiger partial charge in [-0.1, -0.05) is 0 Å². The molecule has 1 aliphatic heterocycles. The Labute approximate surface area is 139 Å². The molecule has 0 aliphatic carbocycles. The summed E-state index contributed by atoms with van der Waals surface area (Å²) in [6, 6.07) is 8.11. The van der Waals surface area contributed by atoms with Crippen LogP contribution in [0.3, 0.4) is 0 Å². The van der Waals surface area contributed by atoms with Crippen LogP contribution in [0.5, 0.6) is 0 Å². The topological polar surface area (TPSA) is 46.2 Å². The van der Waals surface area contributed by atoms with E-state index >= 15 is 0 Å². The van der Waals surface area contributed by atoms with E-state index < -0.39 is 0 Å². The van der Waals surface area contributed by atoms with Gasteiger partial charge in [0.1, 0.15) is 0 Å². The minimum absolute atomic E-state index is 0.281. The fourth-order valence-electron chi connectivity index (χ4n) is 2.55. The maximum Gasteiger partial charge on any atom is 0.260 e. The number of aryl methyl sites for hydroxylation is 2. The zero-order chi connectivity index (χ0) is 15.4. The second-order valence-corrected chi connectivity index (χ2v) is 8.71. The Hall–Kier alpha value is -1.76. The van der Waals surface area contributed by atoms with Crippen LogP contribution >= 0.6 is 34.0 Å². The van der Waals surface area contributed by atoms with E-state index in [1.165, 1.54) is 9.75 Å². The summed E-state index contributed by atoms with van der Waals surface area (Å²) in [5.74, 6) is -0.561. The van der Waals surface area contributed by atoms with Gasteiger partial charge in [-0.25, -0.2) is 0 Å². The molecule has 3 aromatic rings. The summed E-state index contributed by atoms with van der Waals surface area (Å²) in [4.78, 5) is 30.7. The Balaban J connectivity index is 2.00. The SMILES string of the molecule is Cc1ccc(-c2sc(-c3ccc(C)s3)c3c2C(=O)NC3=O)s1. The van der Waals surface area contributed by atoms with Crippen LogP contribution in [-0.2, 0) is 0 Å². The number of nitrogens with one attached hydrogen (secondary N) is 1. The lowest BCUT2D eigenvalue weighted by molar-refractivity contribution is 0.0880. The molecule has 0 saturated carbocycles. The zero-order valence-electron chi connectivity index (χ0n) is 11.9. The maximum atomic E-state index is 12.2. The Kier molecular flexibility index (Phi) is 3.07. The molecule has 0 spiro atoms. The number of thiophene rings is 3. The van der Waals surface area contributed by atoms with E-state index in [-0.39, 0.29) is 11.8 Å². The highest BCUT2D eigenvalue weighted by atomic mass is 32.1. The minimum atomic E-state index is -0.281. The van der Waals surface area contributed by atoms with Gasteiger partial charge in [0.15, 0.2) is 0 Å². The Morgan fingerprint density at radius 2 is 1.18 bits per heavy atom. The predicted molar refractivity (Wildman–Crippen MR) is 92.2 cm³/mol. The summed E-state index contributed by atoms with van der Waals surface area (Å²) in [6.45, 7) is 4.08. The third-order valence-corrected chi connectivity index (χ3v) is 7.07. The molecule has 0 bridgehead atoms. The first-order valence-corrected chi connectivity index (χ1v) is 9.15. The molecule has 1 N–H and O–H groups in total. The van der Waals surface area contributed by atoms with Gasteiger partial charge in [0.25, 0.3) is 11.8 Å². The van der Waals surface area contributed by atoms with Gasteiger partial charge in [0.2, 0.25) is 0 Å². The lowest BCUT2D eigenvalue weighted by atomic mass is 10.1. The van der Waals surface area contributed by atoms with Crippen LogP contribution in [0.15, 0.2) is 24.3 Å². The number of rotatable bonds is 2. The molecule has 3 aromatic heterocycles. The van der Waals surface area contributed by atoms with Gasteiger partial charge < -0.3 is 0 Å². The van der Waals surface area contributed by atoms with Crippen LogP contribution in [0.1, 0.15) is 30.5 Å². The number of hydrogen-bond donors (Lipinski definition) is 1. The Morgan fingerprint density at radius 3 is 1.55 bits per heavy atom. The number of carbonyl (C=O) groups is 2. The van der Waals surface area contributed by atoms with Crippen molar-refractivity contribution in [3.63, 3.8) is 0 Å². The first-order chi connectivity index (χ1) is 10.5. The minimum Gasteiger partial charge on any atom is -0.288 e. The summed E-state index contributed by atoms with van der Waals surface area (Å²) in [5.41, 5.74) is 1.08. The van der Waals surface area contributed by atoms with Crippen molar-refractivity contribution in [2.75, 3.05) is 0 Å². The molecule has 4 heterocycles. The molecule has 1 aliphatic rings. The average molecular weight is 345 g/mol. The van der Waals surface area contributed by atoms with Crippen LogP contribution in [0, 0.1) is 13.8 Å². The summed E-state index contributed by atoms with van der Waals surface area (Å²) >= 11 is 4.83. The molecule has 0 fully saturated rings. The monoisotopic (exact) mass is 345 g/mol. The van der Waals surface area contributed by atoms with Crippen molar-refractivity contribution < 1.29 is 9.59 Å². The van der Waals surface area contributed by atoms with Crippen molar-refractivity contribution in [2.24, 2.45) is 0 Å². The smallest absolute Gasteiger partial charge is 0.260 e. The van der Waals surface area contributed by atoms with Crippen molar-refractivity contribution in [3.05, 3.63) is 45.1 Å². The van der Waals surface area contributed by atoms with Crippen LogP contribution in [0.2, 0.25) is 0 Å². The molecule has 3 nitrogen and oxygen atoms in total. The summed E-state index contributed by atoms with van der Waals surface area (Å²) in [6.07, 6.45) is 0. The van der Waals surface area contributed by atoms with Gasteiger partial charge in [-0.05, 0) is 38.1 Å². The summed E-state index contributed by atoms with van der Waals surface area (Å²) in [7, 11) is 0. The van der Waals surface area contributed by atoms with Crippen molar-refractivity contribution >= 4 is 45.8 Å². The third-order valence-electron chi connectivity index (χ3n) is 3.52. The largest absolute Gasteiger partial charge is 0.288 e. The van der Waals surface area contributed by atoms with Crippen LogP contribution < -0.4 is 5.32 Å². The third kappa shape index (κ3) is 1.99. The lowest BCUT2D eigenvalue weighted by Gasteiger charge is -1.96. The van der Waals surface area contributed by atoms with Crippen LogP contribution in [0.4, 0.5) is 0 Å². The van der Waals surface area contributed by atoms with E-state index in [0.717, 1.165) is 19.5 Å². The molecule has 2 amide bonds. The Morgan fingerprint density at radius 1 is 0.727 bits per heavy atom. The van der Waals surface area contributed by atoms with Crippen LogP contribution in [-0.4, -0.2) is 11.8 Å². The second-order valence-electron chi connectivity index (χ2n) is 5.11. The van der Waals surface area contributed by atoms with Crippen molar-refractivity contribution in [1.29, 1.82) is 0 Å². The van der Waals surface area contributed by atoms with Gasteiger partial charge in [0.05, 0.1) is 20.9 Å². The van der Waals surface area contributed by atoms with Gasteiger partial charge in [-0.15, -0.1) is 34.0 Å². The summed E-state index contributed by atoms with van der Waals surface area (Å²) in [5, 5.41) is 2.43. The van der Waals surface area contributed by atoms with Crippen LogP contribution in [0.25, 0.3) is 19.5 Å². The van der Waals surface area contributed by atoms with Gasteiger partial charge >= 0.3 is 0 Å². The molecule has 6 heteroatoms.